The Morgan fingerprint density at radius 2 is 1.96 bits per heavy atom. The predicted octanol–water partition coefficient (Wildman–Crippen LogP) is 2.06. The molecule has 25 heavy (non-hydrogen) atoms. The second-order valence-electron chi connectivity index (χ2n) is 7.32. The van der Waals surface area contributed by atoms with Crippen LogP contribution in [-0.4, -0.2) is 53.9 Å². The number of nitrogens with zero attached hydrogens (tertiary/aromatic N) is 3. The van der Waals surface area contributed by atoms with Crippen LogP contribution in [0.25, 0.3) is 0 Å². The number of nitrogens with one attached hydrogen (secondary N) is 1. The van der Waals surface area contributed by atoms with Gasteiger partial charge in [-0.2, -0.15) is 0 Å². The van der Waals surface area contributed by atoms with Crippen molar-refractivity contribution in [1.29, 1.82) is 0 Å². The molecule has 2 amide bonds. The lowest BCUT2D eigenvalue weighted by molar-refractivity contribution is -0.125. The molecule has 0 aliphatic carbocycles. The lowest BCUT2D eigenvalue weighted by atomic mass is 10.0. The number of hydrogen-bond donors (Lipinski definition) is 1. The highest BCUT2D eigenvalue weighted by molar-refractivity contribution is 5.99. The minimum atomic E-state index is -0.0360. The topological polar surface area (TPSA) is 65.5 Å². The van der Waals surface area contributed by atoms with Crippen LogP contribution in [0.4, 0.5) is 5.82 Å². The zero-order valence-corrected chi connectivity index (χ0v) is 15.2. The molecule has 0 aromatic carbocycles. The van der Waals surface area contributed by atoms with E-state index >= 15 is 0 Å². The molecular formula is C19H28N4O2. The summed E-state index contributed by atoms with van der Waals surface area (Å²) < 4.78 is 0. The van der Waals surface area contributed by atoms with Crippen molar-refractivity contribution in [3.8, 4) is 0 Å². The molecule has 2 fully saturated rings. The van der Waals surface area contributed by atoms with Crippen LogP contribution in [0.3, 0.4) is 0 Å². The molecule has 1 unspecified atom stereocenters. The summed E-state index contributed by atoms with van der Waals surface area (Å²) >= 11 is 0. The van der Waals surface area contributed by atoms with Crippen LogP contribution in [0.5, 0.6) is 0 Å². The Kier molecular flexibility index (Phi) is 5.56. The fourth-order valence-corrected chi connectivity index (χ4v) is 3.56. The monoisotopic (exact) mass is 344 g/mol. The molecular weight excluding hydrogens is 316 g/mol. The van der Waals surface area contributed by atoms with Gasteiger partial charge < -0.3 is 15.1 Å². The standard InChI is InChI=1S/C19H28N4O2/c1-14(2)18(24)21-15-7-6-12-23(13-15)19(25)16-8-5-9-20-17(16)22-10-3-4-11-22/h5,8-9,14-15H,3-4,6-7,10-13H2,1-2H3,(H,21,24). The Labute approximate surface area is 149 Å². The summed E-state index contributed by atoms with van der Waals surface area (Å²) in [6.45, 7) is 7.01. The Balaban J connectivity index is 1.71. The van der Waals surface area contributed by atoms with E-state index in [0.29, 0.717) is 12.1 Å². The fourth-order valence-electron chi connectivity index (χ4n) is 3.56. The first-order chi connectivity index (χ1) is 12.1. The largest absolute Gasteiger partial charge is 0.356 e. The van der Waals surface area contributed by atoms with Crippen LogP contribution in [0.1, 0.15) is 49.9 Å². The SMILES string of the molecule is CC(C)C(=O)NC1CCCN(C(=O)c2cccnc2N2CCCC2)C1. The normalized spacial score (nSPS) is 20.8. The molecule has 1 N–H and O–H groups in total. The average Bonchev–Trinajstić information content (AvgIpc) is 3.16. The number of anilines is 1. The summed E-state index contributed by atoms with van der Waals surface area (Å²) in [6.07, 6.45) is 5.89. The number of hydrogen-bond acceptors (Lipinski definition) is 4. The quantitative estimate of drug-likeness (QED) is 0.908. The van der Waals surface area contributed by atoms with Crippen molar-refractivity contribution in [2.45, 2.75) is 45.6 Å². The van der Waals surface area contributed by atoms with Crippen LogP contribution in [0.15, 0.2) is 18.3 Å². The van der Waals surface area contributed by atoms with Crippen molar-refractivity contribution < 1.29 is 9.59 Å². The number of pyridine rings is 1. The molecule has 6 heteroatoms. The van der Waals surface area contributed by atoms with Gasteiger partial charge in [0.25, 0.3) is 5.91 Å². The summed E-state index contributed by atoms with van der Waals surface area (Å²) in [7, 11) is 0. The third-order valence-electron chi connectivity index (χ3n) is 5.00. The highest BCUT2D eigenvalue weighted by atomic mass is 16.2. The molecule has 0 radical (unpaired) electrons. The van der Waals surface area contributed by atoms with Crippen molar-refractivity contribution in [1.82, 2.24) is 15.2 Å². The van der Waals surface area contributed by atoms with Crippen LogP contribution in [0, 0.1) is 5.92 Å². The van der Waals surface area contributed by atoms with E-state index in [-0.39, 0.29) is 23.8 Å². The van der Waals surface area contributed by atoms with Crippen molar-refractivity contribution in [2.24, 2.45) is 5.92 Å². The molecule has 3 heterocycles. The summed E-state index contributed by atoms with van der Waals surface area (Å²) in [5.41, 5.74) is 0.681. The lowest BCUT2D eigenvalue weighted by Crippen LogP contribution is -2.50. The van der Waals surface area contributed by atoms with Gasteiger partial charge in [-0.15, -0.1) is 0 Å². The maximum absolute atomic E-state index is 13.1. The molecule has 1 aromatic heterocycles. The molecule has 0 spiro atoms. The van der Waals surface area contributed by atoms with E-state index in [2.05, 4.69) is 15.2 Å². The zero-order chi connectivity index (χ0) is 17.8. The van der Waals surface area contributed by atoms with E-state index in [1.807, 2.05) is 30.9 Å². The minimum absolute atomic E-state index is 0.0264. The molecule has 1 atom stereocenters. The predicted molar refractivity (Wildman–Crippen MR) is 97.6 cm³/mol. The van der Waals surface area contributed by atoms with Crippen LogP contribution in [0.2, 0.25) is 0 Å². The van der Waals surface area contributed by atoms with E-state index in [9.17, 15) is 9.59 Å². The van der Waals surface area contributed by atoms with Crippen molar-refractivity contribution in [3.63, 3.8) is 0 Å². The first-order valence-electron chi connectivity index (χ1n) is 9.36. The third kappa shape index (κ3) is 4.11. The van der Waals surface area contributed by atoms with Crippen LogP contribution in [-0.2, 0) is 4.79 Å². The van der Waals surface area contributed by atoms with Gasteiger partial charge in [-0.25, -0.2) is 4.98 Å². The first-order valence-corrected chi connectivity index (χ1v) is 9.36. The molecule has 2 aliphatic rings. The van der Waals surface area contributed by atoms with Gasteiger partial charge in [-0.1, -0.05) is 13.8 Å². The van der Waals surface area contributed by atoms with Crippen LogP contribution >= 0.6 is 0 Å². The molecule has 2 aliphatic heterocycles. The van der Waals surface area contributed by atoms with Gasteiger partial charge in [0.1, 0.15) is 5.82 Å². The smallest absolute Gasteiger partial charge is 0.257 e. The minimum Gasteiger partial charge on any atom is -0.356 e. The molecule has 0 saturated carbocycles. The van der Waals surface area contributed by atoms with E-state index < -0.39 is 0 Å². The second kappa shape index (κ2) is 7.85. The zero-order valence-electron chi connectivity index (χ0n) is 15.2. The molecule has 6 nitrogen and oxygen atoms in total. The van der Waals surface area contributed by atoms with Gasteiger partial charge in [0.05, 0.1) is 5.56 Å². The van der Waals surface area contributed by atoms with Crippen molar-refractivity contribution in [2.75, 3.05) is 31.1 Å². The number of rotatable bonds is 4. The van der Waals surface area contributed by atoms with Gasteiger partial charge in [0.2, 0.25) is 5.91 Å². The number of carbonyl (C=O) groups excluding carboxylic acids is 2. The molecule has 0 bridgehead atoms. The molecule has 136 valence electrons. The van der Waals surface area contributed by atoms with Gasteiger partial charge >= 0.3 is 0 Å². The lowest BCUT2D eigenvalue weighted by Gasteiger charge is -2.34. The highest BCUT2D eigenvalue weighted by Crippen LogP contribution is 2.24. The first kappa shape index (κ1) is 17.7. The van der Waals surface area contributed by atoms with Crippen LogP contribution < -0.4 is 10.2 Å². The van der Waals surface area contributed by atoms with Gasteiger partial charge in [-0.05, 0) is 37.8 Å². The summed E-state index contributed by atoms with van der Waals surface area (Å²) in [4.78, 5) is 33.6. The van der Waals surface area contributed by atoms with Gasteiger partial charge in [0.15, 0.2) is 0 Å². The van der Waals surface area contributed by atoms with Crippen molar-refractivity contribution in [3.05, 3.63) is 23.9 Å². The summed E-state index contributed by atoms with van der Waals surface area (Å²) in [5, 5.41) is 3.07. The Hall–Kier alpha value is -2.11. The molecule has 3 rings (SSSR count). The van der Waals surface area contributed by atoms with E-state index in [1.54, 1.807) is 6.20 Å². The maximum atomic E-state index is 13.1. The second-order valence-corrected chi connectivity index (χ2v) is 7.32. The van der Waals surface area contributed by atoms with E-state index in [0.717, 1.165) is 51.1 Å². The van der Waals surface area contributed by atoms with Gasteiger partial charge in [0, 0.05) is 44.3 Å². The third-order valence-corrected chi connectivity index (χ3v) is 5.00. The number of carbonyl (C=O) groups is 2. The molecule has 2 saturated heterocycles. The molecule has 1 aromatic rings. The van der Waals surface area contributed by atoms with Crippen molar-refractivity contribution >= 4 is 17.6 Å². The fraction of sp³-hybridized carbons (Fsp3) is 0.632. The Morgan fingerprint density at radius 1 is 1.20 bits per heavy atom. The number of likely N-dealkylation sites (tertiary alicyclic amines) is 1. The van der Waals surface area contributed by atoms with Gasteiger partial charge in [-0.3, -0.25) is 9.59 Å². The maximum Gasteiger partial charge on any atom is 0.257 e. The summed E-state index contributed by atoms with van der Waals surface area (Å²) in [5.74, 6) is 0.849. The summed E-state index contributed by atoms with van der Waals surface area (Å²) in [6, 6.07) is 3.74. The Bertz CT molecular complexity index is 626. The van der Waals surface area contributed by atoms with E-state index in [1.165, 1.54) is 0 Å². The Morgan fingerprint density at radius 3 is 2.68 bits per heavy atom. The number of piperidine rings is 1. The number of aromatic nitrogens is 1. The number of amides is 2. The highest BCUT2D eigenvalue weighted by Gasteiger charge is 2.29. The average molecular weight is 344 g/mol. The van der Waals surface area contributed by atoms with E-state index in [4.69, 9.17) is 0 Å².